The van der Waals surface area contributed by atoms with Gasteiger partial charge in [-0.25, -0.2) is 4.39 Å². The van der Waals surface area contributed by atoms with E-state index < -0.39 is 17.4 Å². The van der Waals surface area contributed by atoms with E-state index in [9.17, 15) is 14.0 Å². The van der Waals surface area contributed by atoms with Crippen LogP contribution >= 0.6 is 11.6 Å². The van der Waals surface area contributed by atoms with E-state index in [2.05, 4.69) is 5.32 Å². The van der Waals surface area contributed by atoms with Crippen molar-refractivity contribution in [2.45, 2.75) is 65.6 Å². The lowest BCUT2D eigenvalue weighted by atomic mass is 10.0. The van der Waals surface area contributed by atoms with E-state index in [0.717, 1.165) is 11.1 Å². The third-order valence-corrected chi connectivity index (χ3v) is 5.23. The number of aryl methyl sites for hydroxylation is 1. The quantitative estimate of drug-likeness (QED) is 0.665. The van der Waals surface area contributed by atoms with Crippen molar-refractivity contribution < 1.29 is 14.0 Å². The summed E-state index contributed by atoms with van der Waals surface area (Å²) in [5.74, 6) is -1.10. The van der Waals surface area contributed by atoms with E-state index in [-0.39, 0.29) is 35.4 Å². The molecule has 2 aromatic carbocycles. The zero-order chi connectivity index (χ0) is 22.5. The summed E-state index contributed by atoms with van der Waals surface area (Å²) in [6.45, 7) is 9.76. The average Bonchev–Trinajstić information content (AvgIpc) is 2.64. The largest absolute Gasteiger partial charge is 0.350 e. The van der Waals surface area contributed by atoms with Gasteiger partial charge in [-0.1, -0.05) is 48.9 Å². The molecule has 0 saturated carbocycles. The second-order valence-corrected chi connectivity index (χ2v) is 8.90. The standard InChI is InChI=1S/C24H30ClFN2O2/c1-6-21(23(30)27-24(3,4)5)28(15-17-11-8-7-10-16(17)2)22(29)14-18-19(25)12-9-13-20(18)26/h7-13,21H,6,14-15H2,1-5H3,(H,27,30)/t21-/m0/s1. The summed E-state index contributed by atoms with van der Waals surface area (Å²) in [4.78, 5) is 27.8. The van der Waals surface area contributed by atoms with Gasteiger partial charge in [0.2, 0.25) is 11.8 Å². The Morgan fingerprint density at radius 3 is 2.37 bits per heavy atom. The van der Waals surface area contributed by atoms with Gasteiger partial charge in [0, 0.05) is 22.7 Å². The predicted molar refractivity (Wildman–Crippen MR) is 119 cm³/mol. The fraction of sp³-hybridized carbons (Fsp3) is 0.417. The Balaban J connectivity index is 2.40. The number of hydrogen-bond acceptors (Lipinski definition) is 2. The van der Waals surface area contributed by atoms with Crippen molar-refractivity contribution in [3.63, 3.8) is 0 Å². The lowest BCUT2D eigenvalue weighted by Crippen LogP contribution is -2.53. The summed E-state index contributed by atoms with van der Waals surface area (Å²) in [5.41, 5.74) is 1.67. The number of nitrogens with one attached hydrogen (secondary N) is 1. The average molecular weight is 433 g/mol. The van der Waals surface area contributed by atoms with Crippen molar-refractivity contribution in [3.8, 4) is 0 Å². The molecule has 0 bridgehead atoms. The zero-order valence-corrected chi connectivity index (χ0v) is 19.0. The van der Waals surface area contributed by atoms with Crippen LogP contribution in [0.2, 0.25) is 5.02 Å². The van der Waals surface area contributed by atoms with Crippen LogP contribution in [0.4, 0.5) is 4.39 Å². The van der Waals surface area contributed by atoms with E-state index in [1.165, 1.54) is 17.0 Å². The minimum absolute atomic E-state index is 0.144. The first-order chi connectivity index (χ1) is 14.0. The lowest BCUT2D eigenvalue weighted by Gasteiger charge is -2.33. The SMILES string of the molecule is CC[C@@H](C(=O)NC(C)(C)C)N(Cc1ccccc1C)C(=O)Cc1c(F)cccc1Cl. The number of amides is 2. The molecule has 0 saturated heterocycles. The van der Waals surface area contributed by atoms with E-state index in [1.807, 2.05) is 58.9 Å². The molecule has 0 spiro atoms. The van der Waals surface area contributed by atoms with Crippen LogP contribution in [0, 0.1) is 12.7 Å². The molecule has 6 heteroatoms. The number of benzene rings is 2. The van der Waals surface area contributed by atoms with E-state index >= 15 is 0 Å². The maximum Gasteiger partial charge on any atom is 0.243 e. The molecule has 1 N–H and O–H groups in total. The molecule has 0 unspecified atom stereocenters. The van der Waals surface area contributed by atoms with Crippen molar-refractivity contribution in [3.05, 3.63) is 70.0 Å². The zero-order valence-electron chi connectivity index (χ0n) is 18.3. The minimum Gasteiger partial charge on any atom is -0.350 e. The first-order valence-electron chi connectivity index (χ1n) is 10.1. The fourth-order valence-corrected chi connectivity index (χ4v) is 3.53. The van der Waals surface area contributed by atoms with Crippen LogP contribution in [0.5, 0.6) is 0 Å². The summed E-state index contributed by atoms with van der Waals surface area (Å²) in [6, 6.07) is 11.4. The van der Waals surface area contributed by atoms with E-state index in [0.29, 0.717) is 6.42 Å². The van der Waals surface area contributed by atoms with Gasteiger partial charge in [0.05, 0.1) is 6.42 Å². The van der Waals surface area contributed by atoms with Crippen molar-refractivity contribution in [2.75, 3.05) is 0 Å². The van der Waals surface area contributed by atoms with E-state index in [4.69, 9.17) is 11.6 Å². The van der Waals surface area contributed by atoms with E-state index in [1.54, 1.807) is 6.07 Å². The third kappa shape index (κ3) is 6.30. The van der Waals surface area contributed by atoms with Crippen molar-refractivity contribution in [1.29, 1.82) is 0 Å². The summed E-state index contributed by atoms with van der Waals surface area (Å²) < 4.78 is 14.3. The Bertz CT molecular complexity index is 888. The molecular formula is C24H30ClFN2O2. The van der Waals surface area contributed by atoms with Crippen molar-refractivity contribution in [2.24, 2.45) is 0 Å². The molecule has 2 amide bonds. The lowest BCUT2D eigenvalue weighted by molar-refractivity contribution is -0.141. The number of carbonyl (C=O) groups excluding carboxylic acids is 2. The second kappa shape index (κ2) is 10.1. The molecule has 0 fully saturated rings. The molecule has 0 aliphatic rings. The Morgan fingerprint density at radius 1 is 1.13 bits per heavy atom. The highest BCUT2D eigenvalue weighted by molar-refractivity contribution is 6.31. The Hall–Kier alpha value is -2.40. The fourth-order valence-electron chi connectivity index (χ4n) is 3.30. The molecule has 2 rings (SSSR count). The van der Waals surface area contributed by atoms with Crippen LogP contribution in [0.15, 0.2) is 42.5 Å². The number of hydrogen-bond donors (Lipinski definition) is 1. The molecule has 0 heterocycles. The molecule has 162 valence electrons. The van der Waals surface area contributed by atoms with Crippen LogP contribution < -0.4 is 5.32 Å². The summed E-state index contributed by atoms with van der Waals surface area (Å²) in [5, 5.41) is 3.16. The molecule has 0 aliphatic heterocycles. The Kier molecular flexibility index (Phi) is 8.02. The van der Waals surface area contributed by atoms with Gasteiger partial charge in [0.15, 0.2) is 0 Å². The van der Waals surface area contributed by atoms with Gasteiger partial charge >= 0.3 is 0 Å². The van der Waals surface area contributed by atoms with Gasteiger partial charge in [0.1, 0.15) is 11.9 Å². The number of carbonyl (C=O) groups is 2. The highest BCUT2D eigenvalue weighted by Gasteiger charge is 2.31. The number of rotatable bonds is 7. The molecular weight excluding hydrogens is 403 g/mol. The molecule has 30 heavy (non-hydrogen) atoms. The first kappa shape index (κ1) is 23.9. The highest BCUT2D eigenvalue weighted by atomic mass is 35.5. The number of nitrogens with zero attached hydrogens (tertiary/aromatic N) is 1. The Labute approximate surface area is 183 Å². The normalized spacial score (nSPS) is 12.4. The minimum atomic E-state index is -0.679. The smallest absolute Gasteiger partial charge is 0.243 e. The van der Waals surface area contributed by atoms with Gasteiger partial charge in [-0.2, -0.15) is 0 Å². The first-order valence-corrected chi connectivity index (χ1v) is 10.5. The molecule has 0 aromatic heterocycles. The maximum atomic E-state index is 14.3. The van der Waals surface area contributed by atoms with Gasteiger partial charge in [-0.15, -0.1) is 0 Å². The van der Waals surface area contributed by atoms with Crippen LogP contribution in [0.25, 0.3) is 0 Å². The summed E-state index contributed by atoms with van der Waals surface area (Å²) in [6.07, 6.45) is 0.223. The molecule has 4 nitrogen and oxygen atoms in total. The van der Waals surface area contributed by atoms with Gasteiger partial charge in [-0.3, -0.25) is 9.59 Å². The van der Waals surface area contributed by atoms with Crippen LogP contribution in [-0.4, -0.2) is 28.3 Å². The summed E-state index contributed by atoms with van der Waals surface area (Å²) >= 11 is 6.14. The van der Waals surface area contributed by atoms with Crippen molar-refractivity contribution in [1.82, 2.24) is 10.2 Å². The van der Waals surface area contributed by atoms with Gasteiger partial charge in [-0.05, 0) is 57.4 Å². The second-order valence-electron chi connectivity index (χ2n) is 8.49. The molecule has 0 aliphatic carbocycles. The van der Waals surface area contributed by atoms with Crippen LogP contribution in [0.3, 0.4) is 0 Å². The van der Waals surface area contributed by atoms with Gasteiger partial charge < -0.3 is 10.2 Å². The molecule has 0 radical (unpaired) electrons. The van der Waals surface area contributed by atoms with Crippen molar-refractivity contribution >= 4 is 23.4 Å². The third-order valence-electron chi connectivity index (χ3n) is 4.88. The molecule has 1 atom stereocenters. The maximum absolute atomic E-state index is 14.3. The highest BCUT2D eigenvalue weighted by Crippen LogP contribution is 2.23. The monoisotopic (exact) mass is 432 g/mol. The number of halogens is 2. The van der Waals surface area contributed by atoms with Gasteiger partial charge in [0.25, 0.3) is 0 Å². The van der Waals surface area contributed by atoms with Crippen LogP contribution in [0.1, 0.15) is 50.8 Å². The molecule has 2 aromatic rings. The topological polar surface area (TPSA) is 49.4 Å². The van der Waals surface area contributed by atoms with Crippen LogP contribution in [-0.2, 0) is 22.6 Å². The Morgan fingerprint density at radius 2 is 1.80 bits per heavy atom. The predicted octanol–water partition coefficient (Wildman–Crippen LogP) is 5.05. The summed E-state index contributed by atoms with van der Waals surface area (Å²) in [7, 11) is 0.